The van der Waals surface area contributed by atoms with Crippen LogP contribution in [0.25, 0.3) is 0 Å². The summed E-state index contributed by atoms with van der Waals surface area (Å²) in [6.07, 6.45) is 5.39. The SMILES string of the molecule is CC#C[C@@]1([N+](=O)[O-])CC[C@H]2[C@@H]3CC[C@@]4(O)CC5(CCC4=C3[C@@H](c3ccc(N(C)C)cc3)C[C@@]21C)OCCO5. The van der Waals surface area contributed by atoms with E-state index < -0.39 is 22.3 Å². The van der Waals surface area contributed by atoms with Crippen LogP contribution in [-0.2, 0) is 9.47 Å². The van der Waals surface area contributed by atoms with Gasteiger partial charge in [-0.25, -0.2) is 0 Å². The first-order valence-corrected chi connectivity index (χ1v) is 14.2. The molecule has 1 saturated heterocycles. The summed E-state index contributed by atoms with van der Waals surface area (Å²) in [5, 5.41) is 24.9. The molecule has 3 saturated carbocycles. The lowest BCUT2D eigenvalue weighted by Gasteiger charge is -2.56. The molecule has 38 heavy (non-hydrogen) atoms. The van der Waals surface area contributed by atoms with E-state index in [1.54, 1.807) is 6.92 Å². The number of rotatable bonds is 3. The van der Waals surface area contributed by atoms with Crippen LogP contribution in [0.1, 0.15) is 76.7 Å². The summed E-state index contributed by atoms with van der Waals surface area (Å²) in [6.45, 7) is 5.01. The second-order valence-electron chi connectivity index (χ2n) is 12.7. The first-order chi connectivity index (χ1) is 18.1. The highest BCUT2D eigenvalue weighted by molar-refractivity contribution is 5.50. The van der Waals surface area contributed by atoms with Crippen LogP contribution in [0.15, 0.2) is 35.4 Å². The standard InChI is InChI=1S/C31H40N2O5/c1-5-13-30(33(35)36)15-11-25-23-10-14-29(34)20-31(37-17-18-38-31)16-12-26(29)27(23)24(19-28(25,30)2)21-6-8-22(9-7-21)32(3)4/h6-9,23-25,34H,10-12,14-20H2,1-4H3/t23-,24+,25-,28-,29+,30+/m0/s1. The van der Waals surface area contributed by atoms with Gasteiger partial charge in [-0.1, -0.05) is 30.6 Å². The summed E-state index contributed by atoms with van der Waals surface area (Å²) in [6, 6.07) is 8.64. The molecule has 0 amide bonds. The summed E-state index contributed by atoms with van der Waals surface area (Å²) < 4.78 is 12.1. The fourth-order valence-electron chi connectivity index (χ4n) is 9.08. The first-order valence-electron chi connectivity index (χ1n) is 14.2. The van der Waals surface area contributed by atoms with E-state index in [-0.39, 0.29) is 22.7 Å². The molecule has 5 aliphatic rings. The Balaban J connectivity index is 1.50. The molecule has 7 nitrogen and oxygen atoms in total. The Kier molecular flexibility index (Phi) is 5.99. The van der Waals surface area contributed by atoms with Gasteiger partial charge < -0.3 is 19.5 Å². The molecule has 204 valence electrons. The predicted octanol–water partition coefficient (Wildman–Crippen LogP) is 5.06. The van der Waals surface area contributed by atoms with Gasteiger partial charge in [0.1, 0.15) is 0 Å². The van der Waals surface area contributed by atoms with Gasteiger partial charge >= 0.3 is 0 Å². The Morgan fingerprint density at radius 3 is 2.45 bits per heavy atom. The minimum absolute atomic E-state index is 0.00910. The lowest BCUT2D eigenvalue weighted by molar-refractivity contribution is -0.571. The van der Waals surface area contributed by atoms with E-state index in [1.165, 1.54) is 11.1 Å². The van der Waals surface area contributed by atoms with Gasteiger partial charge in [0.15, 0.2) is 5.79 Å². The Hall–Kier alpha value is -2.40. The summed E-state index contributed by atoms with van der Waals surface area (Å²) in [5.74, 6) is 5.79. The van der Waals surface area contributed by atoms with Crippen molar-refractivity contribution in [2.24, 2.45) is 17.3 Å². The quantitative estimate of drug-likeness (QED) is 0.260. The lowest BCUT2D eigenvalue weighted by atomic mass is 9.49. The maximum atomic E-state index is 12.7. The zero-order valence-electron chi connectivity index (χ0n) is 23.1. The van der Waals surface area contributed by atoms with E-state index in [4.69, 9.17) is 9.47 Å². The predicted molar refractivity (Wildman–Crippen MR) is 145 cm³/mol. The molecule has 1 spiro atoms. The lowest BCUT2D eigenvalue weighted by Crippen LogP contribution is -2.57. The van der Waals surface area contributed by atoms with Gasteiger partial charge in [0, 0.05) is 49.9 Å². The molecule has 7 heteroatoms. The van der Waals surface area contributed by atoms with Crippen molar-refractivity contribution in [3.8, 4) is 11.8 Å². The van der Waals surface area contributed by atoms with Crippen LogP contribution in [0.5, 0.6) is 0 Å². The molecule has 0 aromatic heterocycles. The van der Waals surface area contributed by atoms with Crippen molar-refractivity contribution < 1.29 is 19.5 Å². The highest BCUT2D eigenvalue weighted by Crippen LogP contribution is 2.68. The molecule has 6 atom stereocenters. The van der Waals surface area contributed by atoms with Crippen molar-refractivity contribution in [3.63, 3.8) is 0 Å². The van der Waals surface area contributed by atoms with Gasteiger partial charge in [0.2, 0.25) is 0 Å². The second kappa shape index (κ2) is 8.81. The Morgan fingerprint density at radius 2 is 1.82 bits per heavy atom. The molecule has 1 aromatic rings. The topological polar surface area (TPSA) is 85.1 Å². The third-order valence-corrected chi connectivity index (χ3v) is 10.8. The minimum Gasteiger partial charge on any atom is -0.385 e. The number of hydrogen-bond acceptors (Lipinski definition) is 6. The molecule has 1 N–H and O–H groups in total. The fourth-order valence-corrected chi connectivity index (χ4v) is 9.08. The summed E-state index contributed by atoms with van der Waals surface area (Å²) in [5.41, 5.74) is 2.05. The number of ether oxygens (including phenoxy) is 2. The normalized spacial score (nSPS) is 39.1. The van der Waals surface area contributed by atoms with E-state index in [0.717, 1.165) is 36.9 Å². The molecular weight excluding hydrogens is 480 g/mol. The van der Waals surface area contributed by atoms with Gasteiger partial charge in [0.05, 0.1) is 24.2 Å². The van der Waals surface area contributed by atoms with Gasteiger partial charge in [-0.3, -0.25) is 10.1 Å². The Bertz CT molecular complexity index is 1220. The fraction of sp³-hybridized carbons (Fsp3) is 0.677. The van der Waals surface area contributed by atoms with E-state index >= 15 is 0 Å². The van der Waals surface area contributed by atoms with Crippen LogP contribution in [0, 0.1) is 39.2 Å². The number of nitro groups is 1. The molecule has 0 bridgehead atoms. The monoisotopic (exact) mass is 520 g/mol. The van der Waals surface area contributed by atoms with Crippen molar-refractivity contribution >= 4 is 5.69 Å². The second-order valence-corrected chi connectivity index (χ2v) is 12.7. The van der Waals surface area contributed by atoms with Crippen molar-refractivity contribution in [3.05, 3.63) is 51.1 Å². The Morgan fingerprint density at radius 1 is 1.11 bits per heavy atom. The summed E-state index contributed by atoms with van der Waals surface area (Å²) in [7, 11) is 4.06. The van der Waals surface area contributed by atoms with Crippen LogP contribution < -0.4 is 4.90 Å². The van der Waals surface area contributed by atoms with Crippen LogP contribution in [0.2, 0.25) is 0 Å². The first kappa shape index (κ1) is 25.9. The van der Waals surface area contributed by atoms with Gasteiger partial charge in [0.25, 0.3) is 5.54 Å². The van der Waals surface area contributed by atoms with Crippen molar-refractivity contribution in [1.82, 2.24) is 0 Å². The number of nitrogens with zero attached hydrogens (tertiary/aromatic N) is 2. The number of hydrogen-bond donors (Lipinski definition) is 1. The summed E-state index contributed by atoms with van der Waals surface area (Å²) in [4.78, 5) is 14.7. The number of allylic oxidation sites excluding steroid dienone is 1. The van der Waals surface area contributed by atoms with Crippen molar-refractivity contribution in [1.29, 1.82) is 0 Å². The highest BCUT2D eigenvalue weighted by Gasteiger charge is 2.70. The van der Waals surface area contributed by atoms with Crippen LogP contribution in [0.3, 0.4) is 0 Å². The van der Waals surface area contributed by atoms with E-state index in [2.05, 4.69) is 47.9 Å². The largest absolute Gasteiger partial charge is 0.385 e. The van der Waals surface area contributed by atoms with Crippen LogP contribution >= 0.6 is 0 Å². The molecular formula is C31H40N2O5. The average molecular weight is 521 g/mol. The van der Waals surface area contributed by atoms with E-state index in [9.17, 15) is 15.2 Å². The number of aliphatic hydroxyl groups is 1. The maximum Gasteiger partial charge on any atom is 0.286 e. The number of anilines is 1. The zero-order chi connectivity index (χ0) is 26.9. The van der Waals surface area contributed by atoms with E-state index in [1.807, 2.05) is 14.1 Å². The average Bonchev–Trinajstić information content (AvgIpc) is 3.45. The third-order valence-electron chi connectivity index (χ3n) is 10.8. The Labute approximate surface area is 225 Å². The van der Waals surface area contributed by atoms with Crippen molar-refractivity contribution in [2.75, 3.05) is 32.2 Å². The van der Waals surface area contributed by atoms with Crippen molar-refractivity contribution in [2.45, 2.75) is 88.1 Å². The van der Waals surface area contributed by atoms with Gasteiger partial charge in [-0.2, -0.15) is 0 Å². The minimum atomic E-state index is -1.24. The summed E-state index contributed by atoms with van der Waals surface area (Å²) >= 11 is 0. The van der Waals surface area contributed by atoms with Crippen LogP contribution in [0.4, 0.5) is 5.69 Å². The molecule has 4 fully saturated rings. The number of fused-ring (bicyclic) bond motifs is 4. The highest BCUT2D eigenvalue weighted by atomic mass is 16.7. The third kappa shape index (κ3) is 3.53. The molecule has 1 aromatic carbocycles. The number of benzene rings is 1. The zero-order valence-corrected chi connectivity index (χ0v) is 23.1. The smallest absolute Gasteiger partial charge is 0.286 e. The molecule has 0 unspecified atom stereocenters. The molecule has 6 rings (SSSR count). The molecule has 1 aliphatic heterocycles. The molecule has 4 aliphatic carbocycles. The maximum absolute atomic E-state index is 12.7. The van der Waals surface area contributed by atoms with E-state index in [0.29, 0.717) is 38.9 Å². The van der Waals surface area contributed by atoms with Gasteiger partial charge in [-0.05, 0) is 80.1 Å². The van der Waals surface area contributed by atoms with Crippen LogP contribution in [-0.4, -0.2) is 54.3 Å². The molecule has 0 radical (unpaired) electrons. The molecule has 1 heterocycles. The van der Waals surface area contributed by atoms with Gasteiger partial charge in [-0.15, -0.1) is 0 Å².